The maximum absolute atomic E-state index is 11.6. The molecule has 8 heteroatoms. The Bertz CT molecular complexity index is 904. The van der Waals surface area contributed by atoms with Crippen molar-refractivity contribution >= 4 is 15.9 Å². The molecule has 27 heavy (non-hydrogen) atoms. The van der Waals surface area contributed by atoms with Crippen LogP contribution in [0.25, 0.3) is 0 Å². The fraction of sp³-hybridized carbons (Fsp3) is 0.368. The quantitative estimate of drug-likeness (QED) is 0.843. The second kappa shape index (κ2) is 7.96. The molecule has 0 saturated carbocycles. The number of sulfone groups is 1. The van der Waals surface area contributed by atoms with Gasteiger partial charge in [-0.1, -0.05) is 12.1 Å². The Morgan fingerprint density at radius 2 is 2.00 bits per heavy atom. The van der Waals surface area contributed by atoms with Gasteiger partial charge in [0, 0.05) is 25.5 Å². The lowest BCUT2D eigenvalue weighted by atomic mass is 9.90. The van der Waals surface area contributed by atoms with Crippen LogP contribution >= 0.6 is 0 Å². The molecule has 1 aliphatic rings. The summed E-state index contributed by atoms with van der Waals surface area (Å²) in [6.07, 6.45) is 3.70. The predicted molar refractivity (Wildman–Crippen MR) is 99.7 cm³/mol. The van der Waals surface area contributed by atoms with Gasteiger partial charge in [-0.2, -0.15) is 0 Å². The van der Waals surface area contributed by atoms with Crippen LogP contribution in [0, 0.1) is 0 Å². The van der Waals surface area contributed by atoms with Gasteiger partial charge in [-0.15, -0.1) is 0 Å². The number of pyridine rings is 1. The summed E-state index contributed by atoms with van der Waals surface area (Å²) in [4.78, 5) is 17.1. The lowest BCUT2D eigenvalue weighted by Gasteiger charge is -2.30. The van der Waals surface area contributed by atoms with Crippen molar-refractivity contribution < 1.29 is 23.1 Å². The smallest absolute Gasteiger partial charge is 0.407 e. The number of hydrogen-bond donors (Lipinski definition) is 1. The van der Waals surface area contributed by atoms with Gasteiger partial charge in [-0.25, -0.2) is 13.2 Å². The molecule has 1 aliphatic heterocycles. The van der Waals surface area contributed by atoms with E-state index >= 15 is 0 Å². The number of likely N-dealkylation sites (tertiary alicyclic amines) is 1. The fourth-order valence-electron chi connectivity index (χ4n) is 3.12. The molecule has 0 bridgehead atoms. The highest BCUT2D eigenvalue weighted by molar-refractivity contribution is 7.90. The molecule has 7 nitrogen and oxygen atoms in total. The largest absolute Gasteiger partial charge is 0.487 e. The minimum atomic E-state index is -3.27. The number of piperidine rings is 1. The van der Waals surface area contributed by atoms with Gasteiger partial charge < -0.3 is 14.7 Å². The first-order valence-corrected chi connectivity index (χ1v) is 10.6. The van der Waals surface area contributed by atoms with Crippen LogP contribution in [-0.2, 0) is 16.4 Å². The third kappa shape index (κ3) is 4.97. The second-order valence-electron chi connectivity index (χ2n) is 6.66. The second-order valence-corrected chi connectivity index (χ2v) is 8.68. The molecule has 0 radical (unpaired) electrons. The van der Waals surface area contributed by atoms with Gasteiger partial charge in [0.2, 0.25) is 0 Å². The van der Waals surface area contributed by atoms with Crippen molar-refractivity contribution in [3.05, 3.63) is 53.9 Å². The topological polar surface area (TPSA) is 96.8 Å². The van der Waals surface area contributed by atoms with Crippen LogP contribution in [0.5, 0.6) is 5.75 Å². The minimum Gasteiger partial charge on any atom is -0.487 e. The molecule has 0 atom stereocenters. The van der Waals surface area contributed by atoms with Crippen LogP contribution in [0.4, 0.5) is 4.79 Å². The van der Waals surface area contributed by atoms with E-state index in [0.717, 1.165) is 30.4 Å². The lowest BCUT2D eigenvalue weighted by molar-refractivity contribution is 0.132. The Balaban J connectivity index is 1.58. The van der Waals surface area contributed by atoms with E-state index in [-0.39, 0.29) is 11.5 Å². The van der Waals surface area contributed by atoms with Crippen molar-refractivity contribution in [2.45, 2.75) is 30.3 Å². The molecule has 1 amide bonds. The number of benzene rings is 1. The number of rotatable bonds is 5. The van der Waals surface area contributed by atoms with Gasteiger partial charge in [0.05, 0.1) is 10.6 Å². The molecule has 144 valence electrons. The Kier molecular flexibility index (Phi) is 5.65. The number of nitrogens with zero attached hydrogens (tertiary/aromatic N) is 2. The van der Waals surface area contributed by atoms with E-state index < -0.39 is 15.9 Å². The molecule has 2 heterocycles. The minimum absolute atomic E-state index is 0.219. The molecule has 1 fully saturated rings. The number of amides is 1. The number of carbonyl (C=O) groups is 1. The Morgan fingerprint density at radius 1 is 1.26 bits per heavy atom. The number of carboxylic acid groups (broad SMARTS) is 1. The molecule has 3 rings (SSSR count). The van der Waals surface area contributed by atoms with E-state index in [2.05, 4.69) is 4.98 Å². The van der Waals surface area contributed by atoms with E-state index in [1.54, 1.807) is 12.1 Å². The number of hydrogen-bond acceptors (Lipinski definition) is 5. The van der Waals surface area contributed by atoms with Crippen LogP contribution in [0.3, 0.4) is 0 Å². The van der Waals surface area contributed by atoms with E-state index in [1.807, 2.05) is 18.3 Å². The average Bonchev–Trinajstić information content (AvgIpc) is 2.66. The number of ether oxygens (including phenoxy) is 1. The summed E-state index contributed by atoms with van der Waals surface area (Å²) in [5, 5.41) is 9.01. The normalized spacial score (nSPS) is 15.5. The van der Waals surface area contributed by atoms with Crippen molar-refractivity contribution in [2.24, 2.45) is 0 Å². The summed E-state index contributed by atoms with van der Waals surface area (Å²) < 4.78 is 28.9. The van der Waals surface area contributed by atoms with E-state index in [1.165, 1.54) is 17.0 Å². The van der Waals surface area contributed by atoms with Gasteiger partial charge in [0.25, 0.3) is 0 Å². The summed E-state index contributed by atoms with van der Waals surface area (Å²) in [5.41, 5.74) is 1.84. The molecular weight excluding hydrogens is 368 g/mol. The Hall–Kier alpha value is -2.61. The predicted octanol–water partition coefficient (Wildman–Crippen LogP) is 2.92. The SMILES string of the molecule is CS(=O)(=O)c1cccc(OCc2ccc(C3CCN(C(=O)O)CC3)cn2)c1. The first kappa shape index (κ1) is 19.2. The zero-order valence-electron chi connectivity index (χ0n) is 15.0. The molecular formula is C19H22N2O5S. The lowest BCUT2D eigenvalue weighted by Crippen LogP contribution is -2.36. The monoisotopic (exact) mass is 390 g/mol. The van der Waals surface area contributed by atoms with Gasteiger partial charge in [-0.05, 0) is 48.6 Å². The van der Waals surface area contributed by atoms with Gasteiger partial charge in [0.1, 0.15) is 12.4 Å². The molecule has 1 saturated heterocycles. The molecule has 2 aromatic rings. The van der Waals surface area contributed by atoms with Crippen molar-refractivity contribution in [1.29, 1.82) is 0 Å². The summed E-state index contributed by atoms with van der Waals surface area (Å²) in [5.74, 6) is 0.791. The summed E-state index contributed by atoms with van der Waals surface area (Å²) >= 11 is 0. The zero-order valence-corrected chi connectivity index (χ0v) is 15.9. The van der Waals surface area contributed by atoms with Crippen LogP contribution < -0.4 is 4.74 Å². The highest BCUT2D eigenvalue weighted by Gasteiger charge is 2.23. The van der Waals surface area contributed by atoms with Crippen LogP contribution in [0.1, 0.15) is 30.0 Å². The third-order valence-corrected chi connectivity index (χ3v) is 5.82. The summed E-state index contributed by atoms with van der Waals surface area (Å²) in [6.45, 7) is 1.33. The first-order chi connectivity index (χ1) is 12.8. The van der Waals surface area contributed by atoms with E-state index in [0.29, 0.717) is 24.8 Å². The highest BCUT2D eigenvalue weighted by Crippen LogP contribution is 2.27. The Morgan fingerprint density at radius 3 is 2.59 bits per heavy atom. The van der Waals surface area contributed by atoms with Crippen molar-refractivity contribution in [1.82, 2.24) is 9.88 Å². The van der Waals surface area contributed by atoms with Crippen molar-refractivity contribution in [3.8, 4) is 5.75 Å². The Labute approximate surface area is 158 Å². The molecule has 1 aromatic carbocycles. The van der Waals surface area contributed by atoms with Crippen LogP contribution in [0.2, 0.25) is 0 Å². The average molecular weight is 390 g/mol. The molecule has 1 aromatic heterocycles. The maximum Gasteiger partial charge on any atom is 0.407 e. The standard InChI is InChI=1S/C19H22N2O5S/c1-27(24,25)18-4-2-3-17(11-18)26-13-16-6-5-15(12-20-16)14-7-9-21(10-8-14)19(22)23/h2-6,11-12,14H,7-10,13H2,1H3,(H,22,23). The summed E-state index contributed by atoms with van der Waals surface area (Å²) in [7, 11) is -3.27. The molecule has 0 unspecified atom stereocenters. The third-order valence-electron chi connectivity index (χ3n) is 4.70. The first-order valence-electron chi connectivity index (χ1n) is 8.68. The fourth-order valence-corrected chi connectivity index (χ4v) is 3.77. The summed E-state index contributed by atoms with van der Waals surface area (Å²) in [6, 6.07) is 10.3. The molecule has 1 N–H and O–H groups in total. The van der Waals surface area contributed by atoms with E-state index in [9.17, 15) is 13.2 Å². The van der Waals surface area contributed by atoms with Crippen molar-refractivity contribution in [3.63, 3.8) is 0 Å². The highest BCUT2D eigenvalue weighted by atomic mass is 32.2. The van der Waals surface area contributed by atoms with Crippen LogP contribution in [-0.4, -0.2) is 48.8 Å². The van der Waals surface area contributed by atoms with Gasteiger partial charge in [-0.3, -0.25) is 4.98 Å². The van der Waals surface area contributed by atoms with Crippen LogP contribution in [0.15, 0.2) is 47.5 Å². The van der Waals surface area contributed by atoms with Gasteiger partial charge >= 0.3 is 6.09 Å². The van der Waals surface area contributed by atoms with Crippen molar-refractivity contribution in [2.75, 3.05) is 19.3 Å². The van der Waals surface area contributed by atoms with E-state index in [4.69, 9.17) is 9.84 Å². The molecule has 0 spiro atoms. The zero-order chi connectivity index (χ0) is 19.4. The maximum atomic E-state index is 11.6. The van der Waals surface area contributed by atoms with Gasteiger partial charge in [0.15, 0.2) is 9.84 Å². The molecule has 0 aliphatic carbocycles. The number of aromatic nitrogens is 1.